The fourth-order valence-corrected chi connectivity index (χ4v) is 6.04. The number of rotatable bonds is 7. The van der Waals surface area contributed by atoms with Gasteiger partial charge in [-0.2, -0.15) is 0 Å². The van der Waals surface area contributed by atoms with Gasteiger partial charge in [-0.25, -0.2) is 4.84 Å². The van der Waals surface area contributed by atoms with Crippen molar-refractivity contribution in [1.82, 2.24) is 9.40 Å². The molecule has 200 valence electrons. The van der Waals surface area contributed by atoms with E-state index in [4.69, 9.17) is 22.2 Å². The number of carbonyl (C=O) groups excluding carboxylic acids is 3. The van der Waals surface area contributed by atoms with Crippen molar-refractivity contribution in [1.29, 1.82) is 0 Å². The maximum atomic E-state index is 13.2. The molecule has 5 rings (SSSR count). The lowest BCUT2D eigenvalue weighted by molar-refractivity contribution is -0.149. The second kappa shape index (κ2) is 10.4. The molecule has 9 heteroatoms. The number of hydrogen-bond acceptors (Lipinski definition) is 6. The number of anilines is 1. The van der Waals surface area contributed by atoms with Crippen molar-refractivity contribution in [3.8, 4) is 11.1 Å². The normalized spacial score (nSPS) is 20.7. The number of fused-ring (bicyclic) bond motifs is 3. The van der Waals surface area contributed by atoms with Gasteiger partial charge in [-0.05, 0) is 73.1 Å². The molecule has 0 unspecified atom stereocenters. The highest BCUT2D eigenvalue weighted by Crippen LogP contribution is 2.43. The largest absolute Gasteiger partial charge is 0.461 e. The number of primary amides is 1. The molecule has 2 aliphatic rings. The summed E-state index contributed by atoms with van der Waals surface area (Å²) in [6, 6.07) is 13.7. The Bertz CT molecular complexity index is 1410. The van der Waals surface area contributed by atoms with Gasteiger partial charge < -0.3 is 15.8 Å². The van der Waals surface area contributed by atoms with Crippen molar-refractivity contribution in [2.75, 3.05) is 11.9 Å². The molecular formula is C29H33ClN4O4. The molecule has 8 nitrogen and oxygen atoms in total. The maximum absolute atomic E-state index is 13.2. The Labute approximate surface area is 227 Å². The second-order valence-corrected chi connectivity index (χ2v) is 11.4. The summed E-state index contributed by atoms with van der Waals surface area (Å²) < 4.78 is 7.33. The minimum absolute atomic E-state index is 0.0321. The van der Waals surface area contributed by atoms with Gasteiger partial charge in [0, 0.05) is 34.8 Å². The Morgan fingerprint density at radius 1 is 1.11 bits per heavy atom. The topological polar surface area (TPSA) is 115 Å². The minimum Gasteiger partial charge on any atom is -0.461 e. The van der Waals surface area contributed by atoms with Crippen LogP contribution in [0.1, 0.15) is 66.8 Å². The summed E-state index contributed by atoms with van der Waals surface area (Å²) in [5.41, 5.74) is 10.6. The first kappa shape index (κ1) is 26.3. The number of benzene rings is 2. The van der Waals surface area contributed by atoms with Gasteiger partial charge in [-0.3, -0.25) is 19.0 Å². The molecule has 2 heterocycles. The zero-order valence-corrected chi connectivity index (χ0v) is 22.4. The Kier molecular flexibility index (Phi) is 7.20. The zero-order valence-electron chi connectivity index (χ0n) is 21.7. The number of amides is 1. The number of hydrogen-bond donors (Lipinski definition) is 3. The number of carbonyl (C=O) groups is 3. The van der Waals surface area contributed by atoms with Crippen LogP contribution in [0.25, 0.3) is 22.0 Å². The molecule has 1 aromatic heterocycles. The summed E-state index contributed by atoms with van der Waals surface area (Å²) >= 11 is 5.39. The average molecular weight is 537 g/mol. The summed E-state index contributed by atoms with van der Waals surface area (Å²) in [6.45, 7) is 4.22. The van der Waals surface area contributed by atoms with Crippen LogP contribution in [-0.2, 0) is 16.0 Å². The predicted molar refractivity (Wildman–Crippen MR) is 148 cm³/mol. The molecule has 1 aliphatic heterocycles. The smallest absolute Gasteiger partial charge is 0.321 e. The molecule has 0 radical (unpaired) electrons. The van der Waals surface area contributed by atoms with Crippen LogP contribution >= 0.6 is 11.8 Å². The van der Waals surface area contributed by atoms with E-state index in [0.29, 0.717) is 30.5 Å². The molecular weight excluding hydrogens is 504 g/mol. The Morgan fingerprint density at radius 2 is 1.84 bits per heavy atom. The van der Waals surface area contributed by atoms with Crippen LogP contribution in [0.5, 0.6) is 0 Å². The van der Waals surface area contributed by atoms with Gasteiger partial charge in [0.2, 0.25) is 5.91 Å². The van der Waals surface area contributed by atoms with E-state index >= 15 is 0 Å². The fraction of sp³-hybridized carbons (Fsp3) is 0.414. The Hall–Kier alpha value is -3.36. The van der Waals surface area contributed by atoms with Crippen molar-refractivity contribution in [2.45, 2.75) is 64.5 Å². The third-order valence-corrected chi connectivity index (χ3v) is 7.75. The van der Waals surface area contributed by atoms with Gasteiger partial charge in [0.05, 0.1) is 11.1 Å². The van der Waals surface area contributed by atoms with Gasteiger partial charge in [-0.1, -0.05) is 38.1 Å². The van der Waals surface area contributed by atoms with E-state index < -0.39 is 5.91 Å². The van der Waals surface area contributed by atoms with E-state index in [0.717, 1.165) is 47.0 Å². The lowest BCUT2D eigenvalue weighted by atomic mass is 9.80. The predicted octanol–water partition coefficient (Wildman–Crippen LogP) is 5.03. The first-order valence-corrected chi connectivity index (χ1v) is 13.4. The highest BCUT2D eigenvalue weighted by Gasteiger charge is 2.35. The molecule has 1 amide bonds. The zero-order chi connectivity index (χ0) is 27.0. The number of nitrogens with one attached hydrogen (secondary N) is 2. The van der Waals surface area contributed by atoms with Gasteiger partial charge in [-0.15, -0.1) is 0 Å². The highest BCUT2D eigenvalue weighted by atomic mass is 35.5. The maximum Gasteiger partial charge on any atom is 0.321 e. The SMILES string of the molecule is CC1(C)CC(=O)n2c(c(-c3ccc(C(N)=O)c(N[C@H]4CC[C@H](OC(=O)CNCl)CC4)c3)c3ccccc32)C1. The molecule has 0 spiro atoms. The van der Waals surface area contributed by atoms with Crippen LogP contribution in [-0.4, -0.2) is 41.0 Å². The first-order valence-electron chi connectivity index (χ1n) is 13.1. The van der Waals surface area contributed by atoms with E-state index in [-0.39, 0.29) is 36.0 Å². The monoisotopic (exact) mass is 536 g/mol. The summed E-state index contributed by atoms with van der Waals surface area (Å²) in [5.74, 6) is -0.773. The van der Waals surface area contributed by atoms with Crippen molar-refractivity contribution in [3.63, 3.8) is 0 Å². The van der Waals surface area contributed by atoms with Crippen LogP contribution < -0.4 is 15.9 Å². The molecule has 4 N–H and O–H groups in total. The van der Waals surface area contributed by atoms with Crippen molar-refractivity contribution < 1.29 is 19.1 Å². The van der Waals surface area contributed by atoms with Crippen molar-refractivity contribution in [3.05, 3.63) is 53.7 Å². The van der Waals surface area contributed by atoms with Crippen LogP contribution in [0.2, 0.25) is 0 Å². The van der Waals surface area contributed by atoms with Crippen molar-refractivity contribution in [2.24, 2.45) is 11.1 Å². The number of halogens is 1. The van der Waals surface area contributed by atoms with E-state index in [1.54, 1.807) is 6.07 Å². The molecule has 0 saturated heterocycles. The van der Waals surface area contributed by atoms with E-state index in [2.05, 4.69) is 24.0 Å². The highest BCUT2D eigenvalue weighted by molar-refractivity contribution is 6.14. The molecule has 2 aromatic carbocycles. The fourth-order valence-electron chi connectivity index (χ4n) is 5.93. The average Bonchev–Trinajstić information content (AvgIpc) is 3.18. The van der Waals surface area contributed by atoms with E-state index in [1.807, 2.05) is 41.0 Å². The molecule has 1 aliphatic carbocycles. The summed E-state index contributed by atoms with van der Waals surface area (Å²) in [5, 5.41) is 4.55. The number of ether oxygens (including phenoxy) is 1. The molecule has 38 heavy (non-hydrogen) atoms. The number of nitrogens with zero attached hydrogens (tertiary/aromatic N) is 1. The molecule has 0 atom stereocenters. The lowest BCUT2D eigenvalue weighted by Crippen LogP contribution is -2.33. The standard InChI is InChI=1S/C29H33ClN4O4/c1-29(2)14-24-27(21-5-3-4-6-23(21)34(24)25(35)15-29)17-7-12-20(28(31)37)22(13-17)33-18-8-10-19(11-9-18)38-26(36)16-32-30/h3-7,12-13,18-19,32-33H,8-11,14-16H2,1-2H3,(H2,31,37)/t18-,19-. The van der Waals surface area contributed by atoms with Crippen LogP contribution in [0.4, 0.5) is 5.69 Å². The summed E-state index contributed by atoms with van der Waals surface area (Å²) in [4.78, 5) is 39.6. The van der Waals surface area contributed by atoms with Gasteiger partial charge in [0.15, 0.2) is 0 Å². The third-order valence-electron chi connectivity index (χ3n) is 7.61. The van der Waals surface area contributed by atoms with Crippen LogP contribution in [0.3, 0.4) is 0 Å². The Balaban J connectivity index is 1.47. The number of aromatic nitrogens is 1. The molecule has 0 bridgehead atoms. The van der Waals surface area contributed by atoms with Crippen molar-refractivity contribution >= 4 is 46.2 Å². The van der Waals surface area contributed by atoms with Gasteiger partial charge in [0.1, 0.15) is 12.6 Å². The quantitative estimate of drug-likeness (QED) is 0.288. The summed E-state index contributed by atoms with van der Waals surface area (Å²) in [6.07, 6.45) is 4.10. The Morgan fingerprint density at radius 3 is 2.55 bits per heavy atom. The molecule has 1 fully saturated rings. The first-order chi connectivity index (χ1) is 18.2. The number of esters is 1. The molecule has 3 aromatic rings. The third kappa shape index (κ3) is 5.15. The minimum atomic E-state index is -0.504. The lowest BCUT2D eigenvalue weighted by Gasteiger charge is -2.31. The van der Waals surface area contributed by atoms with Crippen LogP contribution in [0.15, 0.2) is 42.5 Å². The van der Waals surface area contributed by atoms with E-state index in [9.17, 15) is 14.4 Å². The summed E-state index contributed by atoms with van der Waals surface area (Å²) in [7, 11) is 0. The van der Waals surface area contributed by atoms with Gasteiger partial charge >= 0.3 is 5.97 Å². The number of nitrogens with two attached hydrogens (primary N) is 1. The second-order valence-electron chi connectivity index (χ2n) is 11.1. The number of para-hydroxylation sites is 1. The van der Waals surface area contributed by atoms with Crippen LogP contribution in [0, 0.1) is 5.41 Å². The van der Waals surface area contributed by atoms with Gasteiger partial charge in [0.25, 0.3) is 5.91 Å². The van der Waals surface area contributed by atoms with E-state index in [1.165, 1.54) is 0 Å². The molecule has 1 saturated carbocycles.